The molecule has 0 saturated heterocycles. The topological polar surface area (TPSA) is 55.1 Å². The van der Waals surface area contributed by atoms with Crippen molar-refractivity contribution in [3.8, 4) is 0 Å². The van der Waals surface area contributed by atoms with Gasteiger partial charge in [-0.25, -0.2) is 0 Å². The summed E-state index contributed by atoms with van der Waals surface area (Å²) < 4.78 is 0. The zero-order valence-electron chi connectivity index (χ0n) is 12.2. The van der Waals surface area contributed by atoms with E-state index in [0.717, 1.165) is 25.7 Å². The van der Waals surface area contributed by atoms with E-state index in [1.165, 1.54) is 0 Å². The van der Waals surface area contributed by atoms with E-state index < -0.39 is 0 Å². The van der Waals surface area contributed by atoms with Crippen LogP contribution in [-0.2, 0) is 4.79 Å². The molecule has 108 valence electrons. The third-order valence-corrected chi connectivity index (χ3v) is 4.11. The summed E-state index contributed by atoms with van der Waals surface area (Å²) >= 11 is 0. The Kier molecular flexibility index (Phi) is 7.23. The van der Waals surface area contributed by atoms with Gasteiger partial charge in [0.15, 0.2) is 0 Å². The molecular weight excluding hydrogens is 248 g/mol. The Morgan fingerprint density at radius 2 is 1.78 bits per heavy atom. The maximum atomic E-state index is 11.9. The molecule has 3 nitrogen and oxygen atoms in total. The molecule has 0 aromatic carbocycles. The van der Waals surface area contributed by atoms with Crippen LogP contribution >= 0.6 is 12.4 Å². The molecule has 1 fully saturated rings. The first-order valence-electron chi connectivity index (χ1n) is 6.84. The largest absolute Gasteiger partial charge is 0.353 e. The Bertz CT molecular complexity index is 255. The first-order valence-corrected chi connectivity index (χ1v) is 6.84. The van der Waals surface area contributed by atoms with E-state index in [2.05, 4.69) is 33.0 Å². The van der Waals surface area contributed by atoms with Gasteiger partial charge in [0, 0.05) is 18.5 Å². The Labute approximate surface area is 118 Å². The number of halogens is 1. The number of hydrogen-bond acceptors (Lipinski definition) is 2. The molecule has 1 unspecified atom stereocenters. The van der Waals surface area contributed by atoms with Gasteiger partial charge in [0.05, 0.1) is 0 Å². The Morgan fingerprint density at radius 1 is 1.28 bits per heavy atom. The standard InChI is InChI=1S/C14H28N2O.ClH/c1-10(14(2,3)4)9-13(17)16-12-7-5-11(15)6-8-12;/h10-12H,5-9,15H2,1-4H3,(H,16,17);1H. The average molecular weight is 277 g/mol. The van der Waals surface area contributed by atoms with Crippen molar-refractivity contribution in [2.45, 2.75) is 71.9 Å². The van der Waals surface area contributed by atoms with Crippen LogP contribution in [0.4, 0.5) is 0 Å². The van der Waals surface area contributed by atoms with Gasteiger partial charge in [0.2, 0.25) is 5.91 Å². The molecule has 1 atom stereocenters. The summed E-state index contributed by atoms with van der Waals surface area (Å²) in [6.07, 6.45) is 4.79. The van der Waals surface area contributed by atoms with Crippen molar-refractivity contribution in [3.63, 3.8) is 0 Å². The minimum atomic E-state index is 0. The van der Waals surface area contributed by atoms with Crippen molar-refractivity contribution in [1.29, 1.82) is 0 Å². The number of carbonyl (C=O) groups is 1. The lowest BCUT2D eigenvalue weighted by Crippen LogP contribution is -2.41. The van der Waals surface area contributed by atoms with Gasteiger partial charge in [-0.1, -0.05) is 27.7 Å². The van der Waals surface area contributed by atoms with E-state index in [-0.39, 0.29) is 23.7 Å². The summed E-state index contributed by atoms with van der Waals surface area (Å²) in [4.78, 5) is 11.9. The summed E-state index contributed by atoms with van der Waals surface area (Å²) in [5, 5.41) is 3.15. The van der Waals surface area contributed by atoms with E-state index in [1.54, 1.807) is 0 Å². The molecule has 0 aliphatic heterocycles. The average Bonchev–Trinajstić information content (AvgIpc) is 2.20. The molecule has 1 amide bonds. The van der Waals surface area contributed by atoms with Crippen LogP contribution < -0.4 is 11.1 Å². The molecule has 0 bridgehead atoms. The third-order valence-electron chi connectivity index (χ3n) is 4.11. The zero-order chi connectivity index (χ0) is 13.1. The lowest BCUT2D eigenvalue weighted by atomic mass is 9.80. The molecule has 1 saturated carbocycles. The van der Waals surface area contributed by atoms with Gasteiger partial charge in [0.1, 0.15) is 0 Å². The molecular formula is C14H29ClN2O. The SMILES string of the molecule is CC(CC(=O)NC1CCC(N)CC1)C(C)(C)C.Cl. The van der Waals surface area contributed by atoms with Crippen molar-refractivity contribution < 1.29 is 4.79 Å². The van der Waals surface area contributed by atoms with Crippen molar-refractivity contribution in [2.24, 2.45) is 17.1 Å². The minimum absolute atomic E-state index is 0. The van der Waals surface area contributed by atoms with Crippen LogP contribution in [0.2, 0.25) is 0 Å². The second-order valence-electron chi connectivity index (χ2n) is 6.65. The Hall–Kier alpha value is -0.280. The van der Waals surface area contributed by atoms with Crippen LogP contribution in [-0.4, -0.2) is 18.0 Å². The minimum Gasteiger partial charge on any atom is -0.353 e. The van der Waals surface area contributed by atoms with Gasteiger partial charge in [0.25, 0.3) is 0 Å². The van der Waals surface area contributed by atoms with Crippen LogP contribution in [0.25, 0.3) is 0 Å². The highest BCUT2D eigenvalue weighted by atomic mass is 35.5. The van der Waals surface area contributed by atoms with E-state index in [9.17, 15) is 4.79 Å². The monoisotopic (exact) mass is 276 g/mol. The van der Waals surface area contributed by atoms with E-state index in [4.69, 9.17) is 5.73 Å². The van der Waals surface area contributed by atoms with Crippen LogP contribution in [0.3, 0.4) is 0 Å². The predicted molar refractivity (Wildman–Crippen MR) is 78.9 cm³/mol. The summed E-state index contributed by atoms with van der Waals surface area (Å²) in [7, 11) is 0. The predicted octanol–water partition coefficient (Wildman–Crippen LogP) is 2.87. The highest BCUT2D eigenvalue weighted by Crippen LogP contribution is 2.28. The van der Waals surface area contributed by atoms with E-state index in [0.29, 0.717) is 24.4 Å². The van der Waals surface area contributed by atoms with Crippen molar-refractivity contribution in [3.05, 3.63) is 0 Å². The van der Waals surface area contributed by atoms with E-state index in [1.807, 2.05) is 0 Å². The number of nitrogens with one attached hydrogen (secondary N) is 1. The summed E-state index contributed by atoms with van der Waals surface area (Å²) in [6, 6.07) is 0.700. The third kappa shape index (κ3) is 6.05. The molecule has 1 rings (SSSR count). The molecule has 0 radical (unpaired) electrons. The van der Waals surface area contributed by atoms with Gasteiger partial charge in [-0.3, -0.25) is 4.79 Å². The van der Waals surface area contributed by atoms with Crippen LogP contribution in [0.5, 0.6) is 0 Å². The zero-order valence-corrected chi connectivity index (χ0v) is 13.0. The highest BCUT2D eigenvalue weighted by Gasteiger charge is 2.25. The molecule has 4 heteroatoms. The molecule has 0 heterocycles. The number of rotatable bonds is 3. The fraction of sp³-hybridized carbons (Fsp3) is 0.929. The fourth-order valence-corrected chi connectivity index (χ4v) is 2.13. The lowest BCUT2D eigenvalue weighted by molar-refractivity contribution is -0.123. The summed E-state index contributed by atoms with van der Waals surface area (Å²) in [6.45, 7) is 8.70. The lowest BCUT2D eigenvalue weighted by Gasteiger charge is -2.30. The van der Waals surface area contributed by atoms with Crippen molar-refractivity contribution >= 4 is 18.3 Å². The first-order chi connectivity index (χ1) is 7.79. The Morgan fingerprint density at radius 3 is 2.22 bits per heavy atom. The molecule has 0 aromatic heterocycles. The second kappa shape index (κ2) is 7.34. The van der Waals surface area contributed by atoms with Crippen LogP contribution in [0, 0.1) is 11.3 Å². The normalized spacial score (nSPS) is 26.1. The number of hydrogen-bond donors (Lipinski definition) is 2. The van der Waals surface area contributed by atoms with Gasteiger partial charge in [-0.15, -0.1) is 12.4 Å². The molecule has 0 aromatic rings. The number of nitrogens with two attached hydrogens (primary N) is 1. The summed E-state index contributed by atoms with van der Waals surface area (Å²) in [5.41, 5.74) is 6.05. The summed E-state index contributed by atoms with van der Waals surface area (Å²) in [5.74, 6) is 0.612. The van der Waals surface area contributed by atoms with Crippen molar-refractivity contribution in [1.82, 2.24) is 5.32 Å². The number of carbonyl (C=O) groups excluding carboxylic acids is 1. The molecule has 1 aliphatic rings. The smallest absolute Gasteiger partial charge is 0.220 e. The van der Waals surface area contributed by atoms with Crippen molar-refractivity contribution in [2.75, 3.05) is 0 Å². The first kappa shape index (κ1) is 17.7. The van der Waals surface area contributed by atoms with E-state index >= 15 is 0 Å². The van der Waals surface area contributed by atoms with Crippen LogP contribution in [0.1, 0.15) is 59.8 Å². The molecule has 0 spiro atoms. The second-order valence-corrected chi connectivity index (χ2v) is 6.65. The molecule has 18 heavy (non-hydrogen) atoms. The van der Waals surface area contributed by atoms with Gasteiger partial charge >= 0.3 is 0 Å². The van der Waals surface area contributed by atoms with Gasteiger partial charge in [-0.2, -0.15) is 0 Å². The number of amides is 1. The fourth-order valence-electron chi connectivity index (χ4n) is 2.13. The maximum Gasteiger partial charge on any atom is 0.220 e. The van der Waals surface area contributed by atoms with Crippen LogP contribution in [0.15, 0.2) is 0 Å². The maximum absolute atomic E-state index is 11.9. The highest BCUT2D eigenvalue weighted by molar-refractivity contribution is 5.85. The molecule has 3 N–H and O–H groups in total. The molecule has 1 aliphatic carbocycles. The van der Waals surface area contributed by atoms with Gasteiger partial charge in [-0.05, 0) is 37.0 Å². The Balaban J connectivity index is 0.00000289. The van der Waals surface area contributed by atoms with Gasteiger partial charge < -0.3 is 11.1 Å². The quantitative estimate of drug-likeness (QED) is 0.833.